The van der Waals surface area contributed by atoms with E-state index in [1.54, 1.807) is 0 Å². The molecule has 1 saturated carbocycles. The van der Waals surface area contributed by atoms with E-state index in [4.69, 9.17) is 4.74 Å². The monoisotopic (exact) mass is 334 g/mol. The Bertz CT molecular complexity index is 527. The summed E-state index contributed by atoms with van der Waals surface area (Å²) in [7, 11) is -2.17. The summed E-state index contributed by atoms with van der Waals surface area (Å²) in [5.41, 5.74) is 0. The number of halogens is 1. The number of hydrogen-bond acceptors (Lipinski definition) is 4. The number of methoxy groups -OCH3 is 1. The minimum absolute atomic E-state index is 0.0266. The summed E-state index contributed by atoms with van der Waals surface area (Å²) in [6.45, 7) is 0. The zero-order valence-electron chi connectivity index (χ0n) is 10.0. The van der Waals surface area contributed by atoms with Gasteiger partial charge in [0.05, 0.1) is 7.11 Å². The quantitative estimate of drug-likeness (QED) is 0.915. The van der Waals surface area contributed by atoms with Crippen LogP contribution in [0.3, 0.4) is 0 Å². The Hall–Kier alpha value is -0.660. The van der Waals surface area contributed by atoms with Crippen LogP contribution in [0, 0.1) is 0 Å². The third kappa shape index (κ3) is 3.02. The fourth-order valence-electron chi connectivity index (χ4n) is 2.08. The molecule has 1 aliphatic rings. The first-order chi connectivity index (χ1) is 8.53. The van der Waals surface area contributed by atoms with Crippen molar-refractivity contribution in [3.63, 3.8) is 0 Å². The lowest BCUT2D eigenvalue weighted by atomic mass is 10.3. The van der Waals surface area contributed by atoms with E-state index in [0.717, 1.165) is 25.7 Å². The Morgan fingerprint density at radius 3 is 2.72 bits per heavy atom. The molecule has 0 spiro atoms. The normalized spacial score (nSPS) is 17.0. The minimum Gasteiger partial charge on any atom is -0.480 e. The predicted octanol–water partition coefficient (Wildman–Crippen LogP) is 2.07. The van der Waals surface area contributed by atoms with Gasteiger partial charge in [-0.25, -0.2) is 18.1 Å². The molecule has 100 valence electrons. The summed E-state index contributed by atoms with van der Waals surface area (Å²) in [5, 5.41) is 0. The topological polar surface area (TPSA) is 68.3 Å². The highest BCUT2D eigenvalue weighted by atomic mass is 79.9. The van der Waals surface area contributed by atoms with Gasteiger partial charge < -0.3 is 4.74 Å². The zero-order valence-corrected chi connectivity index (χ0v) is 12.4. The van der Waals surface area contributed by atoms with Gasteiger partial charge in [0, 0.05) is 16.7 Å². The van der Waals surface area contributed by atoms with E-state index < -0.39 is 10.0 Å². The van der Waals surface area contributed by atoms with Crippen LogP contribution in [0.15, 0.2) is 21.6 Å². The molecular weight excluding hydrogens is 320 g/mol. The van der Waals surface area contributed by atoms with Gasteiger partial charge in [0.25, 0.3) is 0 Å². The van der Waals surface area contributed by atoms with E-state index in [1.165, 1.54) is 19.4 Å². The van der Waals surface area contributed by atoms with Gasteiger partial charge in [0.15, 0.2) is 0 Å². The minimum atomic E-state index is -3.58. The smallest absolute Gasteiger partial charge is 0.246 e. The Morgan fingerprint density at radius 2 is 2.11 bits per heavy atom. The van der Waals surface area contributed by atoms with E-state index in [9.17, 15) is 8.42 Å². The molecule has 0 bridgehead atoms. The van der Waals surface area contributed by atoms with Crippen molar-refractivity contribution in [2.75, 3.05) is 7.11 Å². The number of sulfonamides is 1. The number of nitrogens with one attached hydrogen (secondary N) is 1. The average Bonchev–Trinajstić information content (AvgIpc) is 2.81. The lowest BCUT2D eigenvalue weighted by Crippen LogP contribution is -2.33. The SMILES string of the molecule is COc1ncc(Br)cc1S(=O)(=O)NC1CCCC1. The fourth-order valence-corrected chi connectivity index (χ4v) is 4.01. The van der Waals surface area contributed by atoms with Crippen molar-refractivity contribution in [3.8, 4) is 5.88 Å². The maximum atomic E-state index is 12.3. The van der Waals surface area contributed by atoms with Crippen LogP contribution in [0.4, 0.5) is 0 Å². The van der Waals surface area contributed by atoms with Gasteiger partial charge in [0.2, 0.25) is 15.9 Å². The second-order valence-corrected chi connectivity index (χ2v) is 6.86. The number of rotatable bonds is 4. The lowest BCUT2D eigenvalue weighted by Gasteiger charge is -2.14. The number of nitrogens with zero attached hydrogens (tertiary/aromatic N) is 1. The second kappa shape index (κ2) is 5.54. The van der Waals surface area contributed by atoms with Crippen LogP contribution in [0.25, 0.3) is 0 Å². The molecule has 7 heteroatoms. The highest BCUT2D eigenvalue weighted by Gasteiger charge is 2.26. The molecule has 0 saturated heterocycles. The summed E-state index contributed by atoms with van der Waals surface area (Å²) in [6.07, 6.45) is 5.43. The highest BCUT2D eigenvalue weighted by molar-refractivity contribution is 9.10. The van der Waals surface area contributed by atoms with Crippen molar-refractivity contribution in [2.45, 2.75) is 36.6 Å². The predicted molar refractivity (Wildman–Crippen MR) is 71.1 cm³/mol. The van der Waals surface area contributed by atoms with Crippen LogP contribution in [0.1, 0.15) is 25.7 Å². The summed E-state index contributed by atoms with van der Waals surface area (Å²) in [5.74, 6) is 0.115. The van der Waals surface area contributed by atoms with Gasteiger partial charge in [-0.1, -0.05) is 12.8 Å². The Labute approximate surface area is 115 Å². The van der Waals surface area contributed by atoms with Crippen LogP contribution >= 0.6 is 15.9 Å². The molecule has 0 unspecified atom stereocenters. The van der Waals surface area contributed by atoms with Gasteiger partial charge in [0.1, 0.15) is 4.90 Å². The van der Waals surface area contributed by atoms with E-state index in [1.807, 2.05) is 0 Å². The van der Waals surface area contributed by atoms with Gasteiger partial charge in [-0.3, -0.25) is 0 Å². The first-order valence-corrected chi connectivity index (χ1v) is 8.02. The largest absolute Gasteiger partial charge is 0.480 e. The van der Waals surface area contributed by atoms with E-state index in [-0.39, 0.29) is 16.8 Å². The molecule has 1 heterocycles. The Morgan fingerprint density at radius 1 is 1.44 bits per heavy atom. The van der Waals surface area contributed by atoms with Crippen LogP contribution in [0.2, 0.25) is 0 Å². The van der Waals surface area contributed by atoms with Crippen LogP contribution in [0.5, 0.6) is 5.88 Å². The molecule has 1 fully saturated rings. The molecular formula is C11H15BrN2O3S. The molecule has 1 N–H and O–H groups in total. The van der Waals surface area contributed by atoms with Crippen LogP contribution in [-0.2, 0) is 10.0 Å². The number of hydrogen-bond donors (Lipinski definition) is 1. The molecule has 0 aromatic carbocycles. The standard InChI is InChI=1S/C11H15BrN2O3S/c1-17-11-10(6-8(12)7-13-11)18(15,16)14-9-4-2-3-5-9/h6-7,9,14H,2-5H2,1H3. The first kappa shape index (κ1) is 13.8. The highest BCUT2D eigenvalue weighted by Crippen LogP contribution is 2.26. The van der Waals surface area contributed by atoms with Crippen molar-refractivity contribution in [1.29, 1.82) is 0 Å². The number of ether oxygens (including phenoxy) is 1. The number of pyridine rings is 1. The lowest BCUT2D eigenvalue weighted by molar-refractivity contribution is 0.384. The zero-order chi connectivity index (χ0) is 13.2. The molecule has 0 radical (unpaired) electrons. The van der Waals surface area contributed by atoms with Gasteiger partial charge in [-0.05, 0) is 34.8 Å². The molecule has 0 amide bonds. The third-order valence-corrected chi connectivity index (χ3v) is 4.89. The van der Waals surface area contributed by atoms with Crippen molar-refractivity contribution >= 4 is 26.0 Å². The second-order valence-electron chi connectivity index (χ2n) is 4.26. The number of aromatic nitrogens is 1. The molecule has 1 aromatic heterocycles. The Kier molecular flexibility index (Phi) is 4.24. The molecule has 1 aliphatic carbocycles. The van der Waals surface area contributed by atoms with E-state index in [0.29, 0.717) is 4.47 Å². The molecule has 0 atom stereocenters. The molecule has 0 aliphatic heterocycles. The molecule has 5 nitrogen and oxygen atoms in total. The van der Waals surface area contributed by atoms with Gasteiger partial charge in [-0.15, -0.1) is 0 Å². The van der Waals surface area contributed by atoms with E-state index in [2.05, 4.69) is 25.6 Å². The maximum Gasteiger partial charge on any atom is 0.246 e. The van der Waals surface area contributed by atoms with Gasteiger partial charge >= 0.3 is 0 Å². The molecule has 18 heavy (non-hydrogen) atoms. The molecule has 1 aromatic rings. The fraction of sp³-hybridized carbons (Fsp3) is 0.545. The average molecular weight is 335 g/mol. The summed E-state index contributed by atoms with van der Waals surface area (Å²) in [6, 6.07) is 1.53. The summed E-state index contributed by atoms with van der Waals surface area (Å²) >= 11 is 3.22. The molecule has 2 rings (SSSR count). The van der Waals surface area contributed by atoms with E-state index >= 15 is 0 Å². The van der Waals surface area contributed by atoms with Gasteiger partial charge in [-0.2, -0.15) is 0 Å². The van der Waals surface area contributed by atoms with Crippen molar-refractivity contribution < 1.29 is 13.2 Å². The summed E-state index contributed by atoms with van der Waals surface area (Å²) in [4.78, 5) is 4.02. The summed E-state index contributed by atoms with van der Waals surface area (Å²) < 4.78 is 32.8. The third-order valence-electron chi connectivity index (χ3n) is 2.94. The maximum absolute atomic E-state index is 12.3. The van der Waals surface area contributed by atoms with Crippen LogP contribution < -0.4 is 9.46 Å². The first-order valence-electron chi connectivity index (χ1n) is 5.75. The van der Waals surface area contributed by atoms with Crippen molar-refractivity contribution in [1.82, 2.24) is 9.71 Å². The van der Waals surface area contributed by atoms with Crippen molar-refractivity contribution in [2.24, 2.45) is 0 Å². The Balaban J connectivity index is 2.30. The van der Waals surface area contributed by atoms with Crippen LogP contribution in [-0.4, -0.2) is 26.6 Å². The van der Waals surface area contributed by atoms with Crippen molar-refractivity contribution in [3.05, 3.63) is 16.7 Å².